The van der Waals surface area contributed by atoms with Crippen molar-refractivity contribution < 1.29 is 4.39 Å². The van der Waals surface area contributed by atoms with Gasteiger partial charge in [-0.2, -0.15) is 0 Å². The highest BCUT2D eigenvalue weighted by Gasteiger charge is 2.27. The van der Waals surface area contributed by atoms with Crippen LogP contribution in [0.1, 0.15) is 35.2 Å². The Bertz CT molecular complexity index is 1350. The van der Waals surface area contributed by atoms with Crippen molar-refractivity contribution in [3.05, 3.63) is 106 Å². The average Bonchev–Trinajstić information content (AvgIpc) is 3.25. The standard InChI is InChI=1S/C30H35FN6/c1-6-32-27-10-8-22(12-20(27)3)25-14-24(17-36(4)29(25)23-7-9-26(31)19(2)11-23)33-15-21-13-28-30(34-16-21)37(5)18-35-28/h7-14,16-18,29-30,32-34H,6,15H2,1-5H3. The van der Waals surface area contributed by atoms with Gasteiger partial charge in [0.25, 0.3) is 0 Å². The first-order valence-electron chi connectivity index (χ1n) is 12.8. The third-order valence-electron chi connectivity index (χ3n) is 7.11. The summed E-state index contributed by atoms with van der Waals surface area (Å²) >= 11 is 0. The van der Waals surface area contributed by atoms with Crippen LogP contribution in [0.3, 0.4) is 0 Å². The van der Waals surface area contributed by atoms with E-state index in [1.807, 2.05) is 32.4 Å². The highest BCUT2D eigenvalue weighted by molar-refractivity contribution is 5.76. The summed E-state index contributed by atoms with van der Waals surface area (Å²) in [6, 6.07) is 11.9. The van der Waals surface area contributed by atoms with Crippen LogP contribution in [-0.4, -0.2) is 49.5 Å². The molecule has 0 radical (unpaired) electrons. The second-order valence-corrected chi connectivity index (χ2v) is 9.94. The summed E-state index contributed by atoms with van der Waals surface area (Å²) in [7, 11) is 4.09. The summed E-state index contributed by atoms with van der Waals surface area (Å²) in [5.74, 6) is -0.181. The van der Waals surface area contributed by atoms with Crippen molar-refractivity contribution in [2.24, 2.45) is 4.99 Å². The van der Waals surface area contributed by atoms with Gasteiger partial charge in [-0.1, -0.05) is 18.2 Å². The molecule has 0 saturated heterocycles. The summed E-state index contributed by atoms with van der Waals surface area (Å²) in [6.07, 6.45) is 10.5. The lowest BCUT2D eigenvalue weighted by Crippen LogP contribution is -2.39. The van der Waals surface area contributed by atoms with E-state index in [0.717, 1.165) is 40.3 Å². The van der Waals surface area contributed by atoms with Crippen LogP contribution >= 0.6 is 0 Å². The molecule has 0 bridgehead atoms. The van der Waals surface area contributed by atoms with Gasteiger partial charge in [0, 0.05) is 45.3 Å². The molecule has 3 N–H and O–H groups in total. The Morgan fingerprint density at radius 3 is 2.59 bits per heavy atom. The van der Waals surface area contributed by atoms with Gasteiger partial charge >= 0.3 is 0 Å². The molecule has 2 aromatic carbocycles. The number of nitrogens with zero attached hydrogens (tertiary/aromatic N) is 3. The van der Waals surface area contributed by atoms with Crippen LogP contribution in [-0.2, 0) is 0 Å². The number of nitrogens with one attached hydrogen (secondary N) is 3. The summed E-state index contributed by atoms with van der Waals surface area (Å²) in [5.41, 5.74) is 9.56. The molecule has 6 nitrogen and oxygen atoms in total. The average molecular weight is 499 g/mol. The fourth-order valence-electron chi connectivity index (χ4n) is 5.17. The molecule has 0 amide bonds. The monoisotopic (exact) mass is 498 g/mol. The quantitative estimate of drug-likeness (QED) is 0.499. The molecule has 3 heterocycles. The van der Waals surface area contributed by atoms with Crippen molar-refractivity contribution in [1.82, 2.24) is 20.4 Å². The minimum Gasteiger partial charge on any atom is -0.385 e. The molecule has 3 aliphatic heterocycles. The highest BCUT2D eigenvalue weighted by atomic mass is 19.1. The number of dihydropyridines is 1. The minimum absolute atomic E-state index is 0.0314. The summed E-state index contributed by atoms with van der Waals surface area (Å²) < 4.78 is 14.1. The van der Waals surface area contributed by atoms with Crippen LogP contribution in [0.4, 0.5) is 10.1 Å². The summed E-state index contributed by atoms with van der Waals surface area (Å²) in [5, 5.41) is 10.5. The van der Waals surface area contributed by atoms with E-state index in [9.17, 15) is 4.39 Å². The molecular weight excluding hydrogens is 463 g/mol. The molecule has 3 aliphatic rings. The molecule has 0 aromatic heterocycles. The number of benzene rings is 2. The van der Waals surface area contributed by atoms with Crippen molar-refractivity contribution >= 4 is 17.6 Å². The molecule has 0 saturated carbocycles. The van der Waals surface area contributed by atoms with E-state index in [4.69, 9.17) is 0 Å². The first-order chi connectivity index (χ1) is 17.8. The molecule has 5 rings (SSSR count). The molecule has 0 spiro atoms. The summed E-state index contributed by atoms with van der Waals surface area (Å²) in [6.45, 7) is 7.60. The van der Waals surface area contributed by atoms with Crippen LogP contribution in [0.2, 0.25) is 0 Å². The Hall–Kier alpha value is -4.00. The predicted octanol–water partition coefficient (Wildman–Crippen LogP) is 5.05. The van der Waals surface area contributed by atoms with Crippen molar-refractivity contribution in [3.63, 3.8) is 0 Å². The number of aryl methyl sites for hydroxylation is 2. The molecule has 2 unspecified atom stereocenters. The van der Waals surface area contributed by atoms with Crippen LogP contribution in [0.25, 0.3) is 5.57 Å². The van der Waals surface area contributed by atoms with Crippen LogP contribution in [0.5, 0.6) is 0 Å². The number of hydrogen-bond donors (Lipinski definition) is 3. The third-order valence-corrected chi connectivity index (χ3v) is 7.11. The van der Waals surface area contributed by atoms with Gasteiger partial charge < -0.3 is 25.8 Å². The molecule has 7 heteroatoms. The molecule has 2 atom stereocenters. The summed E-state index contributed by atoms with van der Waals surface area (Å²) in [4.78, 5) is 8.76. The van der Waals surface area contributed by atoms with Crippen LogP contribution in [0.15, 0.2) is 82.9 Å². The van der Waals surface area contributed by atoms with Gasteiger partial charge in [0.15, 0.2) is 0 Å². The second-order valence-electron chi connectivity index (χ2n) is 9.94. The van der Waals surface area contributed by atoms with E-state index in [0.29, 0.717) is 12.1 Å². The largest absolute Gasteiger partial charge is 0.385 e. The predicted molar refractivity (Wildman–Crippen MR) is 150 cm³/mol. The zero-order chi connectivity index (χ0) is 26.1. The van der Waals surface area contributed by atoms with E-state index < -0.39 is 0 Å². The molecule has 0 aliphatic carbocycles. The molecule has 0 fully saturated rings. The molecule has 192 valence electrons. The van der Waals surface area contributed by atoms with Crippen molar-refractivity contribution in [2.45, 2.75) is 33.0 Å². The van der Waals surface area contributed by atoms with Crippen LogP contribution < -0.4 is 16.0 Å². The Morgan fingerprint density at radius 2 is 1.84 bits per heavy atom. The smallest absolute Gasteiger partial charge is 0.143 e. The normalized spacial score (nSPS) is 20.5. The fourth-order valence-corrected chi connectivity index (χ4v) is 5.17. The number of anilines is 1. The van der Waals surface area contributed by atoms with Crippen molar-refractivity contribution in [1.29, 1.82) is 0 Å². The molecule has 2 aromatic rings. The van der Waals surface area contributed by atoms with Crippen molar-refractivity contribution in [3.8, 4) is 0 Å². The number of halogens is 1. The topological polar surface area (TPSA) is 54.9 Å². The lowest BCUT2D eigenvalue weighted by molar-refractivity contribution is 0.393. The molecule has 37 heavy (non-hydrogen) atoms. The van der Waals surface area contributed by atoms with E-state index in [1.165, 1.54) is 11.1 Å². The third kappa shape index (κ3) is 4.99. The van der Waals surface area contributed by atoms with E-state index in [-0.39, 0.29) is 18.0 Å². The van der Waals surface area contributed by atoms with E-state index >= 15 is 0 Å². The number of fused-ring (bicyclic) bond motifs is 1. The van der Waals surface area contributed by atoms with Gasteiger partial charge in [-0.05, 0) is 84.5 Å². The number of hydrogen-bond acceptors (Lipinski definition) is 6. The number of rotatable bonds is 7. The van der Waals surface area contributed by atoms with Crippen molar-refractivity contribution in [2.75, 3.05) is 32.5 Å². The first kappa shape index (κ1) is 24.7. The van der Waals surface area contributed by atoms with Gasteiger partial charge in [-0.15, -0.1) is 0 Å². The van der Waals surface area contributed by atoms with E-state index in [1.54, 1.807) is 6.07 Å². The number of likely N-dealkylation sites (N-methyl/N-ethyl adjacent to an activating group) is 2. The lowest BCUT2D eigenvalue weighted by atomic mass is 9.88. The fraction of sp³-hybridized carbons (Fsp3) is 0.300. The Balaban J connectivity index is 1.45. The SMILES string of the molecule is CCNc1ccc(C2=CC(NCC3=CNC4C(=C3)N=CN4C)=CN(C)C2c2ccc(F)c(C)c2)cc1C. The second kappa shape index (κ2) is 10.2. The zero-order valence-corrected chi connectivity index (χ0v) is 22.1. The Labute approximate surface area is 219 Å². The highest BCUT2D eigenvalue weighted by Crippen LogP contribution is 2.39. The van der Waals surface area contributed by atoms with Gasteiger partial charge in [0.2, 0.25) is 0 Å². The van der Waals surface area contributed by atoms with Gasteiger partial charge in [0.05, 0.1) is 23.8 Å². The van der Waals surface area contributed by atoms with Crippen LogP contribution in [0, 0.1) is 19.7 Å². The van der Waals surface area contributed by atoms with E-state index in [2.05, 4.69) is 94.4 Å². The number of aliphatic imine (C=N–C) groups is 1. The van der Waals surface area contributed by atoms with Gasteiger partial charge in [-0.25, -0.2) is 9.38 Å². The maximum Gasteiger partial charge on any atom is 0.143 e. The lowest BCUT2D eigenvalue weighted by Gasteiger charge is -2.35. The Morgan fingerprint density at radius 1 is 1.00 bits per heavy atom. The first-order valence-corrected chi connectivity index (χ1v) is 12.8. The zero-order valence-electron chi connectivity index (χ0n) is 22.1. The number of allylic oxidation sites excluding steroid dienone is 1. The molecular formula is C30H35FN6. The Kier molecular flexibility index (Phi) is 6.78. The maximum atomic E-state index is 14.1. The van der Waals surface area contributed by atoms with Gasteiger partial charge in [0.1, 0.15) is 12.0 Å². The maximum absolute atomic E-state index is 14.1. The minimum atomic E-state index is -0.181. The van der Waals surface area contributed by atoms with Gasteiger partial charge in [-0.3, -0.25) is 0 Å².